The van der Waals surface area contributed by atoms with Crippen molar-refractivity contribution < 1.29 is 14.3 Å². The molecule has 0 spiro atoms. The third kappa shape index (κ3) is 4.37. The first-order valence-corrected chi connectivity index (χ1v) is 6.82. The van der Waals surface area contributed by atoms with Crippen LogP contribution in [-0.2, 0) is 9.53 Å². The lowest BCUT2D eigenvalue weighted by molar-refractivity contribution is -0.109. The van der Waals surface area contributed by atoms with Crippen molar-refractivity contribution in [3.05, 3.63) is 29.8 Å². The van der Waals surface area contributed by atoms with Crippen molar-refractivity contribution >= 4 is 18.1 Å². The lowest BCUT2D eigenvalue weighted by Crippen LogP contribution is -2.44. The van der Waals surface area contributed by atoms with Crippen LogP contribution in [-0.4, -0.2) is 24.0 Å². The van der Waals surface area contributed by atoms with Gasteiger partial charge in [0, 0.05) is 5.69 Å². The van der Waals surface area contributed by atoms with Gasteiger partial charge in [0.25, 0.3) is 0 Å². The summed E-state index contributed by atoms with van der Waals surface area (Å²) >= 11 is 0. The molecule has 1 aromatic rings. The van der Waals surface area contributed by atoms with Crippen molar-refractivity contribution in [1.29, 1.82) is 0 Å². The zero-order chi connectivity index (χ0) is 15.3. The highest BCUT2D eigenvalue weighted by molar-refractivity contribution is 5.92. The monoisotopic (exact) mass is 277 g/mol. The summed E-state index contributed by atoms with van der Waals surface area (Å²) in [6.45, 7) is 9.23. The van der Waals surface area contributed by atoms with Crippen molar-refractivity contribution in [3.8, 4) is 0 Å². The zero-order valence-corrected chi connectivity index (χ0v) is 12.8. The van der Waals surface area contributed by atoms with Crippen LogP contribution in [0.4, 0.5) is 10.5 Å². The van der Waals surface area contributed by atoms with Gasteiger partial charge in [0.1, 0.15) is 11.9 Å². The van der Waals surface area contributed by atoms with Gasteiger partial charge in [-0.3, -0.25) is 4.90 Å². The summed E-state index contributed by atoms with van der Waals surface area (Å²) < 4.78 is 5.41. The van der Waals surface area contributed by atoms with Gasteiger partial charge < -0.3 is 9.53 Å². The Hall–Kier alpha value is -1.84. The number of ether oxygens (including phenoxy) is 1. The summed E-state index contributed by atoms with van der Waals surface area (Å²) in [4.78, 5) is 25.1. The molecule has 1 rings (SSSR count). The van der Waals surface area contributed by atoms with E-state index in [9.17, 15) is 9.59 Å². The molecular formula is C16H23NO3. The minimum absolute atomic E-state index is 0.498. The number of carbonyl (C=O) groups is 2. The van der Waals surface area contributed by atoms with E-state index in [1.165, 1.54) is 4.90 Å². The van der Waals surface area contributed by atoms with E-state index >= 15 is 0 Å². The second-order valence-corrected chi connectivity index (χ2v) is 5.80. The molecule has 0 aliphatic rings. The van der Waals surface area contributed by atoms with Crippen LogP contribution < -0.4 is 4.90 Å². The summed E-state index contributed by atoms with van der Waals surface area (Å²) in [5, 5.41) is 0. The van der Waals surface area contributed by atoms with Crippen LogP contribution >= 0.6 is 0 Å². The van der Waals surface area contributed by atoms with Gasteiger partial charge in [0.05, 0.1) is 6.04 Å². The van der Waals surface area contributed by atoms with Gasteiger partial charge in [-0.2, -0.15) is 0 Å². The summed E-state index contributed by atoms with van der Waals surface area (Å²) in [6, 6.07) is 6.96. The second-order valence-electron chi connectivity index (χ2n) is 5.80. The molecule has 4 nitrogen and oxygen atoms in total. The first kappa shape index (κ1) is 16.2. The van der Waals surface area contributed by atoms with Gasteiger partial charge >= 0.3 is 6.09 Å². The molecule has 0 aliphatic heterocycles. The summed E-state index contributed by atoms with van der Waals surface area (Å²) in [6.07, 6.45) is 0.824. The van der Waals surface area contributed by atoms with Crippen LogP contribution in [0.1, 0.15) is 39.7 Å². The zero-order valence-electron chi connectivity index (χ0n) is 12.8. The van der Waals surface area contributed by atoms with E-state index in [0.29, 0.717) is 12.1 Å². The molecule has 1 unspecified atom stereocenters. The van der Waals surface area contributed by atoms with E-state index < -0.39 is 17.7 Å². The largest absolute Gasteiger partial charge is 0.443 e. The number of carbonyl (C=O) groups excluding carboxylic acids is 2. The number of anilines is 1. The number of amides is 1. The van der Waals surface area contributed by atoms with Crippen LogP contribution in [0.15, 0.2) is 24.3 Å². The summed E-state index contributed by atoms with van der Waals surface area (Å²) in [5.74, 6) is 0. The van der Waals surface area contributed by atoms with Crippen LogP contribution in [0, 0.1) is 6.92 Å². The van der Waals surface area contributed by atoms with Crippen LogP contribution in [0.5, 0.6) is 0 Å². The molecule has 0 radical (unpaired) electrons. The van der Waals surface area contributed by atoms with Gasteiger partial charge in [-0.1, -0.05) is 19.1 Å². The second kappa shape index (κ2) is 6.55. The van der Waals surface area contributed by atoms with Crippen LogP contribution in [0.2, 0.25) is 0 Å². The summed E-state index contributed by atoms with van der Waals surface area (Å²) in [5.41, 5.74) is 1.11. The smallest absolute Gasteiger partial charge is 0.415 e. The predicted octanol–water partition coefficient (Wildman–Crippen LogP) is 3.71. The molecule has 1 atom stereocenters. The standard InChI is InChI=1S/C16H23NO3/c1-6-13(11-18)17(15(19)20-16(3,4)5)14-9-7-8-12(2)10-14/h7-11,13H,6H2,1-5H3. The number of rotatable bonds is 4. The maximum absolute atomic E-state index is 12.4. The highest BCUT2D eigenvalue weighted by Gasteiger charge is 2.28. The van der Waals surface area contributed by atoms with Crippen molar-refractivity contribution in [1.82, 2.24) is 0 Å². The van der Waals surface area contributed by atoms with Gasteiger partial charge in [0.2, 0.25) is 0 Å². The number of nitrogens with zero attached hydrogens (tertiary/aromatic N) is 1. The molecule has 20 heavy (non-hydrogen) atoms. The molecule has 110 valence electrons. The first-order chi connectivity index (χ1) is 9.28. The highest BCUT2D eigenvalue weighted by atomic mass is 16.6. The third-order valence-corrected chi connectivity index (χ3v) is 2.78. The minimum Gasteiger partial charge on any atom is -0.443 e. The molecular weight excluding hydrogens is 254 g/mol. The van der Waals surface area contributed by atoms with Gasteiger partial charge in [0.15, 0.2) is 0 Å². The predicted molar refractivity (Wildman–Crippen MR) is 80.0 cm³/mol. The molecule has 0 fully saturated rings. The molecule has 1 aromatic carbocycles. The maximum atomic E-state index is 12.4. The topological polar surface area (TPSA) is 46.6 Å². The van der Waals surface area contributed by atoms with E-state index in [1.54, 1.807) is 20.8 Å². The fourth-order valence-electron chi connectivity index (χ4n) is 1.86. The first-order valence-electron chi connectivity index (χ1n) is 6.82. The lowest BCUT2D eigenvalue weighted by Gasteiger charge is -2.30. The van der Waals surface area contributed by atoms with Gasteiger partial charge in [-0.25, -0.2) is 4.79 Å². The molecule has 0 N–H and O–H groups in total. The molecule has 0 bridgehead atoms. The SMILES string of the molecule is CCC(C=O)N(C(=O)OC(C)(C)C)c1cccc(C)c1. The molecule has 4 heteroatoms. The van der Waals surface area contributed by atoms with E-state index in [0.717, 1.165) is 11.8 Å². The maximum Gasteiger partial charge on any atom is 0.415 e. The van der Waals surface area contributed by atoms with Crippen LogP contribution in [0.3, 0.4) is 0 Å². The Bertz CT molecular complexity index is 477. The normalized spacial score (nSPS) is 12.7. The molecule has 1 amide bonds. The number of aryl methyl sites for hydroxylation is 1. The van der Waals surface area contributed by atoms with Crippen molar-refractivity contribution in [3.63, 3.8) is 0 Å². The Kier molecular flexibility index (Phi) is 5.31. The van der Waals surface area contributed by atoms with E-state index in [2.05, 4.69) is 0 Å². The number of benzene rings is 1. The number of aldehydes is 1. The van der Waals surface area contributed by atoms with Gasteiger partial charge in [-0.15, -0.1) is 0 Å². The van der Waals surface area contributed by atoms with Crippen molar-refractivity contribution in [2.75, 3.05) is 4.90 Å². The third-order valence-electron chi connectivity index (χ3n) is 2.78. The fraction of sp³-hybridized carbons (Fsp3) is 0.500. The molecule has 0 heterocycles. The Morgan fingerprint density at radius 3 is 2.50 bits per heavy atom. The molecule has 0 aromatic heterocycles. The van der Waals surface area contributed by atoms with Crippen molar-refractivity contribution in [2.45, 2.75) is 52.7 Å². The Balaban J connectivity index is 3.15. The highest BCUT2D eigenvalue weighted by Crippen LogP contribution is 2.22. The number of hydrogen-bond donors (Lipinski definition) is 0. The molecule has 0 saturated heterocycles. The van der Waals surface area contributed by atoms with Crippen LogP contribution in [0.25, 0.3) is 0 Å². The average molecular weight is 277 g/mol. The number of hydrogen-bond acceptors (Lipinski definition) is 3. The molecule has 0 saturated carbocycles. The lowest BCUT2D eigenvalue weighted by atomic mass is 10.1. The van der Waals surface area contributed by atoms with E-state index in [1.807, 2.05) is 38.1 Å². The van der Waals surface area contributed by atoms with E-state index in [4.69, 9.17) is 4.74 Å². The fourth-order valence-corrected chi connectivity index (χ4v) is 1.86. The Morgan fingerprint density at radius 1 is 1.40 bits per heavy atom. The Morgan fingerprint density at radius 2 is 2.05 bits per heavy atom. The minimum atomic E-state index is -0.597. The van der Waals surface area contributed by atoms with Gasteiger partial charge in [-0.05, 0) is 51.8 Å². The summed E-state index contributed by atoms with van der Waals surface area (Å²) in [7, 11) is 0. The average Bonchev–Trinajstić information content (AvgIpc) is 2.33. The van der Waals surface area contributed by atoms with E-state index in [-0.39, 0.29) is 0 Å². The Labute approximate surface area is 120 Å². The van der Waals surface area contributed by atoms with Crippen molar-refractivity contribution in [2.24, 2.45) is 0 Å². The quantitative estimate of drug-likeness (QED) is 0.788. The molecule has 0 aliphatic carbocycles.